The lowest BCUT2D eigenvalue weighted by atomic mass is 10.1. The number of nitrogens with two attached hydrogens (primary N) is 1. The average molecular weight is 297 g/mol. The zero-order valence-electron chi connectivity index (χ0n) is 10.6. The Morgan fingerprint density at radius 3 is 2.16 bits per heavy atom. The molecule has 0 aromatic rings. The molecule has 0 aliphatic heterocycles. The van der Waals surface area contributed by atoms with Gasteiger partial charge in [0, 0.05) is 12.8 Å². The number of hydrogen-bond donors (Lipinski definition) is 4. The minimum Gasteiger partial charge on any atom is -0.481 e. The minimum absolute atomic E-state index is 0. The second-order valence-electron chi connectivity index (χ2n) is 3.99. The summed E-state index contributed by atoms with van der Waals surface area (Å²) in [5, 5.41) is 19.7. The van der Waals surface area contributed by atoms with Crippen molar-refractivity contribution in [3.63, 3.8) is 0 Å². The van der Waals surface area contributed by atoms with Gasteiger partial charge in [-0.3, -0.25) is 9.59 Å². The van der Waals surface area contributed by atoms with E-state index in [4.69, 9.17) is 15.9 Å². The first-order chi connectivity index (χ1) is 8.47. The molecule has 7 nitrogen and oxygen atoms in total. The van der Waals surface area contributed by atoms with Gasteiger partial charge in [-0.1, -0.05) is 0 Å². The van der Waals surface area contributed by atoms with Crippen LogP contribution in [0.5, 0.6) is 0 Å². The first kappa shape index (κ1) is 20.0. The Kier molecular flexibility index (Phi) is 12.3. The van der Waals surface area contributed by atoms with Crippen LogP contribution in [0.4, 0.5) is 0 Å². The average Bonchev–Trinajstić information content (AvgIpc) is 2.27. The van der Waals surface area contributed by atoms with Gasteiger partial charge in [0.05, 0.1) is 0 Å². The first-order valence-electron chi connectivity index (χ1n) is 5.91. The molecule has 19 heavy (non-hydrogen) atoms. The largest absolute Gasteiger partial charge is 0.481 e. The predicted octanol–water partition coefficient (Wildman–Crippen LogP) is 0.362. The van der Waals surface area contributed by atoms with Crippen LogP contribution in [0.2, 0.25) is 0 Å². The van der Waals surface area contributed by atoms with Crippen molar-refractivity contribution >= 4 is 30.3 Å². The number of rotatable bonds is 10. The number of carbonyl (C=O) groups excluding carboxylic acids is 1. The molecule has 5 N–H and O–H groups in total. The molecule has 8 heteroatoms. The van der Waals surface area contributed by atoms with Gasteiger partial charge in [0.15, 0.2) is 0 Å². The summed E-state index contributed by atoms with van der Waals surface area (Å²) in [5.41, 5.74) is 5.30. The molecule has 0 saturated heterocycles. The second-order valence-corrected chi connectivity index (χ2v) is 3.99. The van der Waals surface area contributed by atoms with Crippen LogP contribution in [0.3, 0.4) is 0 Å². The van der Waals surface area contributed by atoms with E-state index in [1.165, 1.54) is 0 Å². The molecule has 0 saturated carbocycles. The number of nitrogens with one attached hydrogen (secondary N) is 1. The van der Waals surface area contributed by atoms with Crippen molar-refractivity contribution in [1.29, 1.82) is 0 Å². The fourth-order valence-corrected chi connectivity index (χ4v) is 1.42. The van der Waals surface area contributed by atoms with Crippen LogP contribution in [-0.4, -0.2) is 40.6 Å². The van der Waals surface area contributed by atoms with Gasteiger partial charge in [0.2, 0.25) is 5.91 Å². The Labute approximate surface area is 118 Å². The monoisotopic (exact) mass is 296 g/mol. The number of hydrogen-bond acceptors (Lipinski definition) is 4. The Morgan fingerprint density at radius 1 is 1.05 bits per heavy atom. The van der Waals surface area contributed by atoms with Crippen molar-refractivity contribution in [1.82, 2.24) is 5.32 Å². The van der Waals surface area contributed by atoms with Crippen molar-refractivity contribution < 1.29 is 24.6 Å². The van der Waals surface area contributed by atoms with E-state index in [0.29, 0.717) is 25.8 Å². The molecule has 0 spiro atoms. The molecule has 0 rings (SSSR count). The molecule has 0 unspecified atom stereocenters. The van der Waals surface area contributed by atoms with E-state index >= 15 is 0 Å². The van der Waals surface area contributed by atoms with E-state index in [2.05, 4.69) is 5.32 Å². The summed E-state index contributed by atoms with van der Waals surface area (Å²) in [6, 6.07) is -0.922. The van der Waals surface area contributed by atoms with Crippen LogP contribution in [0.15, 0.2) is 0 Å². The number of carboxylic acids is 2. The maximum atomic E-state index is 11.4. The molecular formula is C11H21ClN2O5. The summed E-state index contributed by atoms with van der Waals surface area (Å²) >= 11 is 0. The smallest absolute Gasteiger partial charge is 0.326 e. The van der Waals surface area contributed by atoms with Crippen LogP contribution in [0, 0.1) is 0 Å². The van der Waals surface area contributed by atoms with Crippen LogP contribution >= 0.6 is 12.4 Å². The highest BCUT2D eigenvalue weighted by molar-refractivity contribution is 5.85. The summed E-state index contributed by atoms with van der Waals surface area (Å²) in [6.45, 7) is 0.485. The van der Waals surface area contributed by atoms with Gasteiger partial charge in [-0.15, -0.1) is 12.4 Å². The van der Waals surface area contributed by atoms with E-state index < -0.39 is 23.9 Å². The van der Waals surface area contributed by atoms with Gasteiger partial charge in [-0.25, -0.2) is 4.79 Å². The SMILES string of the molecule is Cl.NCCCC[C@H](NC(=O)CCCC(=O)O)C(=O)O. The second kappa shape index (κ2) is 11.7. The molecule has 112 valence electrons. The van der Waals surface area contributed by atoms with Crippen molar-refractivity contribution in [2.45, 2.75) is 44.6 Å². The molecule has 0 aliphatic carbocycles. The topological polar surface area (TPSA) is 130 Å². The number of aliphatic carboxylic acids is 2. The standard InChI is InChI=1S/C11H20N2O5.ClH/c12-7-2-1-4-8(11(17)18)13-9(14)5-3-6-10(15)16;/h8H,1-7,12H2,(H,13,14)(H,15,16)(H,17,18);1H/t8-;/m0./s1. The van der Waals surface area contributed by atoms with Gasteiger partial charge in [0.25, 0.3) is 0 Å². The van der Waals surface area contributed by atoms with Crippen LogP contribution < -0.4 is 11.1 Å². The quantitative estimate of drug-likeness (QED) is 0.431. The van der Waals surface area contributed by atoms with Gasteiger partial charge in [0.1, 0.15) is 6.04 Å². The van der Waals surface area contributed by atoms with Crippen molar-refractivity contribution in [2.24, 2.45) is 5.73 Å². The van der Waals surface area contributed by atoms with Crippen LogP contribution in [-0.2, 0) is 14.4 Å². The Morgan fingerprint density at radius 2 is 1.68 bits per heavy atom. The van der Waals surface area contributed by atoms with Crippen LogP contribution in [0.1, 0.15) is 38.5 Å². The molecule has 0 heterocycles. The molecule has 0 aromatic carbocycles. The molecule has 0 radical (unpaired) electrons. The molecule has 0 aliphatic rings. The highest BCUT2D eigenvalue weighted by Gasteiger charge is 2.19. The fourth-order valence-electron chi connectivity index (χ4n) is 1.42. The van der Waals surface area contributed by atoms with Crippen molar-refractivity contribution in [3.8, 4) is 0 Å². The van der Waals surface area contributed by atoms with E-state index in [0.717, 1.165) is 0 Å². The fraction of sp³-hybridized carbons (Fsp3) is 0.727. The zero-order chi connectivity index (χ0) is 14.0. The number of unbranched alkanes of at least 4 members (excludes halogenated alkanes) is 1. The Balaban J connectivity index is 0. The Bertz CT molecular complexity index is 299. The third-order valence-electron chi connectivity index (χ3n) is 2.37. The minimum atomic E-state index is -1.08. The first-order valence-corrected chi connectivity index (χ1v) is 5.91. The lowest BCUT2D eigenvalue weighted by Gasteiger charge is -2.14. The molecule has 0 bridgehead atoms. The number of carboxylic acid groups (broad SMARTS) is 2. The third-order valence-corrected chi connectivity index (χ3v) is 2.37. The normalized spacial score (nSPS) is 11.2. The van der Waals surface area contributed by atoms with Crippen molar-refractivity contribution in [3.05, 3.63) is 0 Å². The molecular weight excluding hydrogens is 276 g/mol. The molecule has 0 aromatic heterocycles. The lowest BCUT2D eigenvalue weighted by Crippen LogP contribution is -2.40. The summed E-state index contributed by atoms with van der Waals surface area (Å²) in [6.07, 6.45) is 1.79. The van der Waals surface area contributed by atoms with E-state index in [-0.39, 0.29) is 31.7 Å². The zero-order valence-corrected chi connectivity index (χ0v) is 11.4. The third kappa shape index (κ3) is 11.5. The van der Waals surface area contributed by atoms with Gasteiger partial charge < -0.3 is 21.3 Å². The molecule has 1 amide bonds. The summed E-state index contributed by atoms with van der Waals surface area (Å²) in [5.74, 6) is -2.49. The van der Waals surface area contributed by atoms with E-state index in [9.17, 15) is 14.4 Å². The van der Waals surface area contributed by atoms with E-state index in [1.807, 2.05) is 0 Å². The maximum absolute atomic E-state index is 11.4. The van der Waals surface area contributed by atoms with Gasteiger partial charge >= 0.3 is 11.9 Å². The summed E-state index contributed by atoms with van der Waals surface area (Å²) in [4.78, 5) is 32.5. The molecule has 1 atom stereocenters. The van der Waals surface area contributed by atoms with Gasteiger partial charge in [-0.2, -0.15) is 0 Å². The number of halogens is 1. The maximum Gasteiger partial charge on any atom is 0.326 e. The van der Waals surface area contributed by atoms with Crippen LogP contribution in [0.25, 0.3) is 0 Å². The van der Waals surface area contributed by atoms with Crippen molar-refractivity contribution in [2.75, 3.05) is 6.54 Å². The Hall–Kier alpha value is -1.34. The predicted molar refractivity (Wildman–Crippen MR) is 71.2 cm³/mol. The highest BCUT2D eigenvalue weighted by atomic mass is 35.5. The summed E-state index contributed by atoms with van der Waals surface area (Å²) < 4.78 is 0. The highest BCUT2D eigenvalue weighted by Crippen LogP contribution is 2.02. The van der Waals surface area contributed by atoms with E-state index in [1.54, 1.807) is 0 Å². The summed E-state index contributed by atoms with van der Waals surface area (Å²) in [7, 11) is 0. The molecule has 0 fully saturated rings. The lowest BCUT2D eigenvalue weighted by molar-refractivity contribution is -0.142. The van der Waals surface area contributed by atoms with Gasteiger partial charge in [-0.05, 0) is 32.2 Å². The number of amides is 1. The number of carbonyl (C=O) groups is 3.